The molecule has 61 heavy (non-hydrogen) atoms. The van der Waals surface area contributed by atoms with Crippen LogP contribution in [0.4, 0.5) is 11.5 Å². The molecule has 19 nitrogen and oxygen atoms in total. The number of rotatable bonds is 15. The van der Waals surface area contributed by atoms with Crippen molar-refractivity contribution in [2.24, 2.45) is 0 Å². The number of piperidine rings is 2. The van der Waals surface area contributed by atoms with Crippen LogP contribution in [0.3, 0.4) is 0 Å². The first kappa shape index (κ1) is 41.0. The number of aryl methyl sites for hydroxylation is 1. The van der Waals surface area contributed by atoms with E-state index in [4.69, 9.17) is 0 Å². The molecule has 3 fully saturated rings. The van der Waals surface area contributed by atoms with Crippen molar-refractivity contribution in [1.29, 1.82) is 0 Å². The zero-order valence-corrected chi connectivity index (χ0v) is 33.8. The number of unbranched alkanes of at least 4 members (excludes halogenated alkanes) is 2. The maximum absolute atomic E-state index is 13.3. The monoisotopic (exact) mass is 832 g/mol. The average Bonchev–Trinajstić information content (AvgIpc) is 3.78. The van der Waals surface area contributed by atoms with Gasteiger partial charge in [0, 0.05) is 62.0 Å². The van der Waals surface area contributed by atoms with E-state index in [2.05, 4.69) is 51.1 Å². The normalized spacial score (nSPS) is 20.2. The summed E-state index contributed by atoms with van der Waals surface area (Å²) in [5.41, 5.74) is 3.17. The summed E-state index contributed by atoms with van der Waals surface area (Å²) in [6.07, 6.45) is 9.04. The fourth-order valence-electron chi connectivity index (χ4n) is 8.42. The molecule has 8 rings (SSSR count). The van der Waals surface area contributed by atoms with Crippen LogP contribution in [-0.2, 0) is 19.2 Å². The molecule has 318 valence electrons. The molecule has 7 amide bonds. The molecule has 0 radical (unpaired) electrons. The van der Waals surface area contributed by atoms with Gasteiger partial charge in [0.05, 0.1) is 24.0 Å². The van der Waals surface area contributed by atoms with Gasteiger partial charge in [0.15, 0.2) is 11.5 Å². The van der Waals surface area contributed by atoms with Crippen molar-refractivity contribution in [3.63, 3.8) is 0 Å². The Morgan fingerprint density at radius 1 is 0.885 bits per heavy atom. The number of carbonyl (C=O) groups is 7. The van der Waals surface area contributed by atoms with Gasteiger partial charge in [-0.25, -0.2) is 19.9 Å². The van der Waals surface area contributed by atoms with Gasteiger partial charge in [-0.15, -0.1) is 0 Å². The van der Waals surface area contributed by atoms with Crippen LogP contribution in [0.1, 0.15) is 107 Å². The molecule has 19 heteroatoms. The van der Waals surface area contributed by atoms with E-state index in [9.17, 15) is 33.6 Å². The molecule has 0 unspecified atom stereocenters. The fraction of sp³-hybridized carbons (Fsp3) is 0.452. The van der Waals surface area contributed by atoms with Crippen LogP contribution < -0.4 is 26.6 Å². The van der Waals surface area contributed by atoms with E-state index in [1.165, 1.54) is 12.4 Å². The summed E-state index contributed by atoms with van der Waals surface area (Å²) in [5.74, 6) is -2.10. The third-order valence-electron chi connectivity index (χ3n) is 11.8. The smallest absolute Gasteiger partial charge is 0.270 e. The zero-order chi connectivity index (χ0) is 42.6. The van der Waals surface area contributed by atoms with Crippen molar-refractivity contribution < 1.29 is 33.6 Å². The number of nitrogens with one attached hydrogen (secondary N) is 5. The molecule has 0 bridgehead atoms. The van der Waals surface area contributed by atoms with E-state index in [0.717, 1.165) is 48.3 Å². The molecule has 1 aromatic carbocycles. The minimum Gasteiger partial charge on any atom is -0.375 e. The number of fused-ring (bicyclic) bond motifs is 2. The number of likely N-dealkylation sites (tertiary alicyclic amines) is 1. The number of aromatic nitrogens is 5. The second kappa shape index (κ2) is 17.8. The van der Waals surface area contributed by atoms with Crippen molar-refractivity contribution in [3.8, 4) is 0 Å². The summed E-state index contributed by atoms with van der Waals surface area (Å²) in [7, 11) is 0. The molecule has 1 saturated carbocycles. The van der Waals surface area contributed by atoms with Crippen LogP contribution in [-0.4, -0.2) is 120 Å². The lowest BCUT2D eigenvalue weighted by atomic mass is 9.86. The highest BCUT2D eigenvalue weighted by Crippen LogP contribution is 2.36. The number of anilines is 2. The highest BCUT2D eigenvalue weighted by atomic mass is 16.2. The largest absolute Gasteiger partial charge is 0.375 e. The lowest BCUT2D eigenvalue weighted by molar-refractivity contribution is -0.136. The van der Waals surface area contributed by atoms with Gasteiger partial charge in [-0.1, -0.05) is 18.6 Å². The Balaban J connectivity index is 0.713. The van der Waals surface area contributed by atoms with Gasteiger partial charge in [0.2, 0.25) is 23.6 Å². The van der Waals surface area contributed by atoms with E-state index >= 15 is 0 Å². The molecule has 0 spiro atoms. The number of imidazole rings is 1. The molecule has 6 heterocycles. The molecule has 3 aliphatic heterocycles. The van der Waals surface area contributed by atoms with Crippen LogP contribution in [0.25, 0.3) is 11.2 Å². The summed E-state index contributed by atoms with van der Waals surface area (Å²) in [6, 6.07) is 9.34. The highest BCUT2D eigenvalue weighted by Gasteiger charge is 2.45. The van der Waals surface area contributed by atoms with Gasteiger partial charge >= 0.3 is 0 Å². The summed E-state index contributed by atoms with van der Waals surface area (Å²) < 4.78 is 2.05. The van der Waals surface area contributed by atoms with Crippen molar-refractivity contribution in [3.05, 3.63) is 71.6 Å². The van der Waals surface area contributed by atoms with E-state index in [1.54, 1.807) is 24.5 Å². The van der Waals surface area contributed by atoms with Crippen molar-refractivity contribution in [1.82, 2.24) is 50.3 Å². The Morgan fingerprint density at radius 3 is 2.48 bits per heavy atom. The van der Waals surface area contributed by atoms with Crippen molar-refractivity contribution >= 4 is 64.0 Å². The average molecular weight is 833 g/mol. The molecule has 2 saturated heterocycles. The molecule has 1 atom stereocenters. The molecule has 3 aromatic heterocycles. The van der Waals surface area contributed by atoms with E-state index < -0.39 is 29.7 Å². The third-order valence-corrected chi connectivity index (χ3v) is 11.8. The quantitative estimate of drug-likeness (QED) is 0.0854. The molecule has 5 N–H and O–H groups in total. The van der Waals surface area contributed by atoms with Gasteiger partial charge < -0.3 is 30.7 Å². The van der Waals surface area contributed by atoms with Gasteiger partial charge in [0.25, 0.3) is 17.7 Å². The van der Waals surface area contributed by atoms with E-state index in [1.807, 2.05) is 24.0 Å². The molecule has 4 aromatic rings. The van der Waals surface area contributed by atoms with E-state index in [-0.39, 0.29) is 66.4 Å². The first-order valence-corrected chi connectivity index (χ1v) is 20.9. The summed E-state index contributed by atoms with van der Waals surface area (Å²) in [4.78, 5) is 109. The molecular weight excluding hydrogens is 785 g/mol. The highest BCUT2D eigenvalue weighted by molar-refractivity contribution is 6.25. The first-order chi connectivity index (χ1) is 29.5. The van der Waals surface area contributed by atoms with Gasteiger partial charge in [-0.3, -0.25) is 43.8 Å². The Kier molecular flexibility index (Phi) is 12.0. The van der Waals surface area contributed by atoms with Crippen molar-refractivity contribution in [2.45, 2.75) is 95.3 Å². The second-order valence-corrected chi connectivity index (χ2v) is 16.0. The Bertz CT molecular complexity index is 2390. The van der Waals surface area contributed by atoms with Gasteiger partial charge in [-0.2, -0.15) is 0 Å². The second-order valence-electron chi connectivity index (χ2n) is 16.0. The summed E-state index contributed by atoms with van der Waals surface area (Å²) in [6.45, 7) is 3.41. The predicted octanol–water partition coefficient (Wildman–Crippen LogP) is 2.26. The Morgan fingerprint density at radius 2 is 1.69 bits per heavy atom. The fourth-order valence-corrected chi connectivity index (χ4v) is 8.42. The minimum atomic E-state index is -1.08. The minimum absolute atomic E-state index is 0.0238. The number of carbonyl (C=O) groups excluding carboxylic acids is 7. The van der Waals surface area contributed by atoms with Crippen LogP contribution in [0, 0.1) is 6.92 Å². The van der Waals surface area contributed by atoms with Crippen LogP contribution in [0.5, 0.6) is 0 Å². The molecule has 4 aliphatic rings. The number of amides is 7. The SMILES string of the molecule is Cc1cccc(C(=O)NC2CC(n3cnc4c(NC5CCN(C(=O)CCCCCNC(=O)CNc6cccc7c6C(=O)N([C@H]6CCC(=O)NC6=O)C7=O)CC5)ncnc43)C2)n1. The Hall–Kier alpha value is -6.79. The van der Waals surface area contributed by atoms with Crippen LogP contribution in [0.15, 0.2) is 49.1 Å². The lowest BCUT2D eigenvalue weighted by Crippen LogP contribution is -2.54. The lowest BCUT2D eigenvalue weighted by Gasteiger charge is -2.36. The summed E-state index contributed by atoms with van der Waals surface area (Å²) >= 11 is 0. The number of nitrogens with zero attached hydrogens (tertiary/aromatic N) is 7. The molecular formula is C42H48N12O7. The number of hydrogen-bond acceptors (Lipinski definition) is 13. The standard InChI is InChI=1S/C42H48N12O7/c1-24-7-5-10-30(48-24)39(58)50-26-19-27(20-26)53-23-47-36-37(45-22-46-38(36)53)49-25-14-17-52(18-15-25)34(57)11-3-2-4-16-43-33(56)21-44-29-9-6-8-28-35(29)42(61)54(41(28)60)31-12-13-32(55)51-40(31)59/h5-10,22-23,25-27,31,44H,2-4,11-21H2,1H3,(H,43,56)(H,50,58)(H,45,46,49)(H,51,55,59)/t26?,27?,31-/m0/s1. The van der Waals surface area contributed by atoms with Gasteiger partial charge in [0.1, 0.15) is 23.6 Å². The zero-order valence-electron chi connectivity index (χ0n) is 33.8. The topological polar surface area (TPSA) is 243 Å². The van der Waals surface area contributed by atoms with Gasteiger partial charge in [-0.05, 0) is 76.1 Å². The maximum Gasteiger partial charge on any atom is 0.270 e. The first-order valence-electron chi connectivity index (χ1n) is 20.9. The van der Waals surface area contributed by atoms with Crippen molar-refractivity contribution in [2.75, 3.05) is 36.8 Å². The predicted molar refractivity (Wildman–Crippen MR) is 220 cm³/mol. The third kappa shape index (κ3) is 8.90. The van der Waals surface area contributed by atoms with Crippen LogP contribution >= 0.6 is 0 Å². The maximum atomic E-state index is 13.3. The summed E-state index contributed by atoms with van der Waals surface area (Å²) in [5, 5.41) is 14.6. The van der Waals surface area contributed by atoms with E-state index in [0.29, 0.717) is 61.6 Å². The number of imide groups is 2. The number of benzene rings is 1. The molecule has 1 aliphatic carbocycles. The number of hydrogen-bond donors (Lipinski definition) is 5. The number of pyridine rings is 1. The van der Waals surface area contributed by atoms with Crippen LogP contribution in [0.2, 0.25) is 0 Å². The Labute approximate surface area is 350 Å².